The van der Waals surface area contributed by atoms with Crippen molar-refractivity contribution in [1.29, 1.82) is 0 Å². The van der Waals surface area contributed by atoms with Crippen LogP contribution in [0.15, 0.2) is 42.1 Å². The molecule has 5 heteroatoms. The third-order valence-corrected chi connectivity index (χ3v) is 4.10. The molecule has 2 heterocycles. The Bertz CT molecular complexity index is 637. The molecule has 1 atom stereocenters. The van der Waals surface area contributed by atoms with Gasteiger partial charge in [0.25, 0.3) is 0 Å². The number of hydrogen-bond donors (Lipinski definition) is 0. The lowest BCUT2D eigenvalue weighted by Gasteiger charge is -2.26. The standard InChI is InChI=1S/C17H20N2O3/c1-4-22-15(20)13-10-18-16(21)17(2,3)11-19(18)14(13)12-8-6-5-7-9-12/h5-10,14H,4,11H2,1-3H3/t14-/m1/s1. The highest BCUT2D eigenvalue weighted by atomic mass is 16.5. The first-order chi connectivity index (χ1) is 10.5. The number of carbonyl (C=O) groups excluding carboxylic acids is 2. The van der Waals surface area contributed by atoms with Crippen molar-refractivity contribution in [3.8, 4) is 0 Å². The zero-order valence-corrected chi connectivity index (χ0v) is 13.1. The minimum Gasteiger partial charge on any atom is -0.463 e. The van der Waals surface area contributed by atoms with Crippen LogP contribution in [-0.2, 0) is 14.3 Å². The van der Waals surface area contributed by atoms with Crippen molar-refractivity contribution in [2.45, 2.75) is 26.8 Å². The Morgan fingerprint density at radius 2 is 2.00 bits per heavy atom. The smallest absolute Gasteiger partial charge is 0.337 e. The molecule has 1 amide bonds. The van der Waals surface area contributed by atoms with E-state index in [-0.39, 0.29) is 17.9 Å². The van der Waals surface area contributed by atoms with Crippen molar-refractivity contribution >= 4 is 11.9 Å². The summed E-state index contributed by atoms with van der Waals surface area (Å²) in [6.07, 6.45) is 1.63. The van der Waals surface area contributed by atoms with Gasteiger partial charge in [0.05, 0.1) is 23.6 Å². The Hall–Kier alpha value is -2.14. The number of esters is 1. The second kappa shape index (κ2) is 5.25. The molecule has 0 saturated carbocycles. The molecule has 3 rings (SSSR count). The predicted molar refractivity (Wildman–Crippen MR) is 81.2 cm³/mol. The summed E-state index contributed by atoms with van der Waals surface area (Å²) in [6, 6.07) is 9.47. The third-order valence-electron chi connectivity index (χ3n) is 4.10. The molecule has 5 nitrogen and oxygen atoms in total. The predicted octanol–water partition coefficient (Wildman–Crippen LogP) is 2.27. The van der Waals surface area contributed by atoms with Crippen LogP contribution in [0.1, 0.15) is 32.4 Å². The Morgan fingerprint density at radius 3 is 2.64 bits per heavy atom. The van der Waals surface area contributed by atoms with E-state index in [0.717, 1.165) is 5.56 Å². The Balaban J connectivity index is 2.02. The Kier molecular flexibility index (Phi) is 3.53. The third kappa shape index (κ3) is 2.22. The largest absolute Gasteiger partial charge is 0.463 e. The topological polar surface area (TPSA) is 49.9 Å². The minimum absolute atomic E-state index is 0.00716. The van der Waals surface area contributed by atoms with Gasteiger partial charge in [-0.2, -0.15) is 0 Å². The molecule has 1 saturated heterocycles. The lowest BCUT2D eigenvalue weighted by molar-refractivity contribution is -0.140. The van der Waals surface area contributed by atoms with Crippen molar-refractivity contribution in [3.05, 3.63) is 47.7 Å². The summed E-state index contributed by atoms with van der Waals surface area (Å²) in [5.74, 6) is -0.357. The first-order valence-electron chi connectivity index (χ1n) is 7.49. The number of fused-ring (bicyclic) bond motifs is 1. The number of amides is 1. The van der Waals surface area contributed by atoms with E-state index in [2.05, 4.69) is 0 Å². The molecule has 0 aliphatic carbocycles. The molecule has 0 spiro atoms. The van der Waals surface area contributed by atoms with Gasteiger partial charge >= 0.3 is 5.97 Å². The van der Waals surface area contributed by atoms with Crippen LogP contribution in [0.4, 0.5) is 0 Å². The molecule has 1 fully saturated rings. The van der Waals surface area contributed by atoms with Crippen LogP contribution >= 0.6 is 0 Å². The summed E-state index contributed by atoms with van der Waals surface area (Å²) >= 11 is 0. The van der Waals surface area contributed by atoms with Gasteiger partial charge in [-0.15, -0.1) is 0 Å². The zero-order valence-electron chi connectivity index (χ0n) is 13.1. The van der Waals surface area contributed by atoms with Crippen LogP contribution in [0.3, 0.4) is 0 Å². The van der Waals surface area contributed by atoms with Crippen LogP contribution in [0.2, 0.25) is 0 Å². The average Bonchev–Trinajstić information content (AvgIpc) is 2.95. The number of carbonyl (C=O) groups is 2. The summed E-state index contributed by atoms with van der Waals surface area (Å²) < 4.78 is 5.16. The first-order valence-corrected chi connectivity index (χ1v) is 7.49. The van der Waals surface area contributed by atoms with E-state index in [1.807, 2.05) is 49.2 Å². The lowest BCUT2D eigenvalue weighted by atomic mass is 9.92. The maximum absolute atomic E-state index is 12.5. The molecule has 0 unspecified atom stereocenters. The summed E-state index contributed by atoms with van der Waals surface area (Å²) in [4.78, 5) is 24.8. The maximum atomic E-state index is 12.5. The number of nitrogens with zero attached hydrogens (tertiary/aromatic N) is 2. The van der Waals surface area contributed by atoms with E-state index in [1.165, 1.54) is 0 Å². The zero-order chi connectivity index (χ0) is 15.9. The molecule has 22 heavy (non-hydrogen) atoms. The van der Waals surface area contributed by atoms with E-state index in [4.69, 9.17) is 4.74 Å². The molecular formula is C17H20N2O3. The molecule has 2 aliphatic heterocycles. The van der Waals surface area contributed by atoms with Crippen LogP contribution < -0.4 is 0 Å². The maximum Gasteiger partial charge on any atom is 0.337 e. The molecular weight excluding hydrogens is 280 g/mol. The van der Waals surface area contributed by atoms with Gasteiger partial charge in [-0.05, 0) is 26.3 Å². The van der Waals surface area contributed by atoms with Gasteiger partial charge in [0.1, 0.15) is 0 Å². The number of ether oxygens (including phenoxy) is 1. The van der Waals surface area contributed by atoms with Gasteiger partial charge in [-0.1, -0.05) is 30.3 Å². The van der Waals surface area contributed by atoms with Crippen molar-refractivity contribution in [1.82, 2.24) is 10.0 Å². The number of rotatable bonds is 3. The normalized spacial score (nSPS) is 23.4. The van der Waals surface area contributed by atoms with Crippen LogP contribution in [0.25, 0.3) is 0 Å². The van der Waals surface area contributed by atoms with E-state index in [9.17, 15) is 9.59 Å². The molecule has 1 aromatic rings. The summed E-state index contributed by atoms with van der Waals surface area (Å²) in [6.45, 7) is 6.52. The second-order valence-electron chi connectivity index (χ2n) is 6.25. The van der Waals surface area contributed by atoms with Crippen molar-refractivity contribution in [2.24, 2.45) is 5.41 Å². The summed E-state index contributed by atoms with van der Waals surface area (Å²) in [5, 5.41) is 3.52. The van der Waals surface area contributed by atoms with Gasteiger partial charge in [-0.3, -0.25) is 4.79 Å². The molecule has 1 aromatic carbocycles. The van der Waals surface area contributed by atoms with Gasteiger partial charge in [0.15, 0.2) is 0 Å². The highest BCUT2D eigenvalue weighted by Gasteiger charge is 2.51. The quantitative estimate of drug-likeness (QED) is 0.804. The first kappa shape index (κ1) is 14.8. The van der Waals surface area contributed by atoms with E-state index in [0.29, 0.717) is 18.7 Å². The Labute approximate surface area is 130 Å². The number of hydrogen-bond acceptors (Lipinski definition) is 4. The number of benzene rings is 1. The van der Waals surface area contributed by atoms with Crippen molar-refractivity contribution < 1.29 is 14.3 Å². The SMILES string of the molecule is CCOC(=O)C1=CN2C(=O)C(C)(C)CN2[C@@H]1c1ccccc1. The lowest BCUT2D eigenvalue weighted by Crippen LogP contribution is -2.33. The number of hydrazine groups is 1. The molecule has 0 radical (unpaired) electrons. The van der Waals surface area contributed by atoms with Gasteiger partial charge in [0, 0.05) is 12.7 Å². The molecule has 0 N–H and O–H groups in total. The minimum atomic E-state index is -0.455. The monoisotopic (exact) mass is 300 g/mol. The van der Waals surface area contributed by atoms with Crippen molar-refractivity contribution in [2.75, 3.05) is 13.2 Å². The van der Waals surface area contributed by atoms with Gasteiger partial charge in [0.2, 0.25) is 5.91 Å². The fraction of sp³-hybridized carbons (Fsp3) is 0.412. The highest BCUT2D eigenvalue weighted by molar-refractivity contribution is 5.94. The molecule has 0 bridgehead atoms. The van der Waals surface area contributed by atoms with E-state index < -0.39 is 5.41 Å². The molecule has 0 aromatic heterocycles. The van der Waals surface area contributed by atoms with E-state index in [1.54, 1.807) is 18.1 Å². The van der Waals surface area contributed by atoms with Crippen molar-refractivity contribution in [3.63, 3.8) is 0 Å². The van der Waals surface area contributed by atoms with Crippen LogP contribution in [0.5, 0.6) is 0 Å². The van der Waals surface area contributed by atoms with Crippen LogP contribution in [-0.4, -0.2) is 35.0 Å². The fourth-order valence-electron chi connectivity index (χ4n) is 3.05. The summed E-state index contributed by atoms with van der Waals surface area (Å²) in [5.41, 5.74) is 1.04. The Morgan fingerprint density at radius 1 is 1.32 bits per heavy atom. The highest BCUT2D eigenvalue weighted by Crippen LogP contribution is 2.44. The molecule has 2 aliphatic rings. The fourth-order valence-corrected chi connectivity index (χ4v) is 3.05. The van der Waals surface area contributed by atoms with Crippen LogP contribution in [0, 0.1) is 5.41 Å². The van der Waals surface area contributed by atoms with Gasteiger partial charge < -0.3 is 4.74 Å². The van der Waals surface area contributed by atoms with E-state index >= 15 is 0 Å². The van der Waals surface area contributed by atoms with Gasteiger partial charge in [-0.25, -0.2) is 14.8 Å². The summed E-state index contributed by atoms with van der Waals surface area (Å²) in [7, 11) is 0. The average molecular weight is 300 g/mol. The molecule has 116 valence electrons. The second-order valence-corrected chi connectivity index (χ2v) is 6.25.